The molecule has 22 heavy (non-hydrogen) atoms. The third-order valence-electron chi connectivity index (χ3n) is 4.45. The van der Waals surface area contributed by atoms with E-state index in [-0.39, 0.29) is 6.10 Å². The number of aromatic nitrogens is 3. The standard InChI is InChI=1S/C15H26N4O3/c20-14(9-21-10-15-4-2-6-22-15)8-18-5-1-3-13(18)7-19-12-16-11-17-19/h11-15,20H,1-10H2/t13-,14+,15-/m1/s1. The molecular weight excluding hydrogens is 284 g/mol. The minimum atomic E-state index is -0.447. The lowest BCUT2D eigenvalue weighted by Crippen LogP contribution is -2.40. The first-order valence-corrected chi connectivity index (χ1v) is 8.25. The maximum absolute atomic E-state index is 10.2. The monoisotopic (exact) mass is 310 g/mol. The Balaban J connectivity index is 1.37. The van der Waals surface area contributed by atoms with E-state index in [1.54, 1.807) is 12.7 Å². The van der Waals surface area contributed by atoms with Gasteiger partial charge in [-0.15, -0.1) is 0 Å². The number of aliphatic hydroxyl groups is 1. The summed E-state index contributed by atoms with van der Waals surface area (Å²) < 4.78 is 13.0. The number of aliphatic hydroxyl groups excluding tert-OH is 1. The van der Waals surface area contributed by atoms with Crippen molar-refractivity contribution in [2.45, 2.75) is 50.5 Å². The van der Waals surface area contributed by atoms with Gasteiger partial charge in [0.05, 0.1) is 32.0 Å². The molecule has 0 amide bonds. The molecule has 0 saturated carbocycles. The topological polar surface area (TPSA) is 72.6 Å². The highest BCUT2D eigenvalue weighted by Crippen LogP contribution is 2.19. The number of hydrogen-bond acceptors (Lipinski definition) is 6. The number of rotatable bonds is 8. The quantitative estimate of drug-likeness (QED) is 0.744. The van der Waals surface area contributed by atoms with E-state index in [0.29, 0.717) is 25.8 Å². The average Bonchev–Trinajstić information content (AvgIpc) is 3.23. The first kappa shape index (κ1) is 15.9. The lowest BCUT2D eigenvalue weighted by molar-refractivity contribution is -0.0265. The van der Waals surface area contributed by atoms with Crippen LogP contribution in [0.4, 0.5) is 0 Å². The Kier molecular flexibility index (Phi) is 5.77. The van der Waals surface area contributed by atoms with Crippen molar-refractivity contribution in [3.63, 3.8) is 0 Å². The van der Waals surface area contributed by atoms with Crippen molar-refractivity contribution < 1.29 is 14.6 Å². The molecule has 1 aromatic heterocycles. The van der Waals surface area contributed by atoms with Gasteiger partial charge in [-0.2, -0.15) is 5.10 Å². The molecule has 0 aromatic carbocycles. The van der Waals surface area contributed by atoms with Gasteiger partial charge in [0.1, 0.15) is 12.7 Å². The molecule has 124 valence electrons. The second kappa shape index (κ2) is 8.01. The Bertz CT molecular complexity index is 422. The van der Waals surface area contributed by atoms with E-state index in [4.69, 9.17) is 9.47 Å². The Morgan fingerprint density at radius 2 is 2.32 bits per heavy atom. The van der Waals surface area contributed by atoms with E-state index in [1.165, 1.54) is 6.42 Å². The molecule has 0 unspecified atom stereocenters. The zero-order chi connectivity index (χ0) is 15.2. The molecule has 3 heterocycles. The van der Waals surface area contributed by atoms with Crippen LogP contribution in [0.5, 0.6) is 0 Å². The summed E-state index contributed by atoms with van der Waals surface area (Å²) in [5, 5.41) is 14.3. The summed E-state index contributed by atoms with van der Waals surface area (Å²) in [7, 11) is 0. The van der Waals surface area contributed by atoms with Gasteiger partial charge in [0.15, 0.2) is 0 Å². The lowest BCUT2D eigenvalue weighted by Gasteiger charge is -2.26. The number of β-amino-alcohol motifs (C(OH)–C–C–N with tert-alkyl or cyclic N) is 1. The predicted octanol–water partition coefficient (Wildman–Crippen LogP) is 0.299. The lowest BCUT2D eigenvalue weighted by atomic mass is 10.2. The van der Waals surface area contributed by atoms with Gasteiger partial charge >= 0.3 is 0 Å². The Hall–Kier alpha value is -1.02. The fourth-order valence-electron chi connectivity index (χ4n) is 3.32. The van der Waals surface area contributed by atoms with Crippen molar-refractivity contribution in [1.82, 2.24) is 19.7 Å². The smallest absolute Gasteiger partial charge is 0.137 e. The summed E-state index contributed by atoms with van der Waals surface area (Å²) >= 11 is 0. The molecule has 0 bridgehead atoms. The van der Waals surface area contributed by atoms with Crippen LogP contribution in [0.3, 0.4) is 0 Å². The van der Waals surface area contributed by atoms with Gasteiger partial charge in [-0.25, -0.2) is 4.98 Å². The molecule has 2 aliphatic rings. The SMILES string of the molecule is O[C@H](COC[C@H]1CCCO1)CN1CCC[C@@H]1Cn1cncn1. The Morgan fingerprint density at radius 3 is 3.09 bits per heavy atom. The van der Waals surface area contributed by atoms with Crippen LogP contribution in [-0.2, 0) is 16.0 Å². The third-order valence-corrected chi connectivity index (χ3v) is 4.45. The molecular formula is C15H26N4O3. The molecule has 0 spiro atoms. The number of hydrogen-bond donors (Lipinski definition) is 1. The molecule has 0 aliphatic carbocycles. The van der Waals surface area contributed by atoms with Crippen LogP contribution in [-0.4, -0.2) is 75.9 Å². The summed E-state index contributed by atoms with van der Waals surface area (Å²) in [6.07, 6.45) is 7.59. The molecule has 2 aliphatic heterocycles. The van der Waals surface area contributed by atoms with Gasteiger partial charge in [-0.3, -0.25) is 9.58 Å². The van der Waals surface area contributed by atoms with Gasteiger partial charge in [0, 0.05) is 19.2 Å². The molecule has 2 saturated heterocycles. The van der Waals surface area contributed by atoms with Crippen LogP contribution < -0.4 is 0 Å². The van der Waals surface area contributed by atoms with Crippen molar-refractivity contribution in [3.8, 4) is 0 Å². The van der Waals surface area contributed by atoms with E-state index in [2.05, 4.69) is 15.0 Å². The molecule has 7 heteroatoms. The molecule has 3 atom stereocenters. The van der Waals surface area contributed by atoms with Gasteiger partial charge in [0.25, 0.3) is 0 Å². The van der Waals surface area contributed by atoms with E-state index < -0.39 is 6.10 Å². The van der Waals surface area contributed by atoms with Gasteiger partial charge in [0.2, 0.25) is 0 Å². The van der Waals surface area contributed by atoms with Crippen LogP contribution in [0.2, 0.25) is 0 Å². The first-order valence-electron chi connectivity index (χ1n) is 8.25. The van der Waals surface area contributed by atoms with Crippen LogP contribution in [0, 0.1) is 0 Å². The Labute approximate surface area is 131 Å². The van der Waals surface area contributed by atoms with Crippen LogP contribution in [0.1, 0.15) is 25.7 Å². The van der Waals surface area contributed by atoms with Gasteiger partial charge in [-0.1, -0.05) is 0 Å². The first-order chi connectivity index (χ1) is 10.8. The van der Waals surface area contributed by atoms with Crippen LogP contribution in [0.15, 0.2) is 12.7 Å². The maximum Gasteiger partial charge on any atom is 0.137 e. The fourth-order valence-corrected chi connectivity index (χ4v) is 3.32. The minimum Gasteiger partial charge on any atom is -0.389 e. The Morgan fingerprint density at radius 1 is 1.36 bits per heavy atom. The van der Waals surface area contributed by atoms with E-state index in [9.17, 15) is 5.11 Å². The van der Waals surface area contributed by atoms with Gasteiger partial charge < -0.3 is 14.6 Å². The largest absolute Gasteiger partial charge is 0.389 e. The van der Waals surface area contributed by atoms with Crippen molar-refractivity contribution in [3.05, 3.63) is 12.7 Å². The highest BCUT2D eigenvalue weighted by molar-refractivity contribution is 4.81. The summed E-state index contributed by atoms with van der Waals surface area (Å²) in [5.41, 5.74) is 0. The predicted molar refractivity (Wildman–Crippen MR) is 80.4 cm³/mol. The maximum atomic E-state index is 10.2. The van der Waals surface area contributed by atoms with Crippen molar-refractivity contribution in [2.24, 2.45) is 0 Å². The molecule has 2 fully saturated rings. The third kappa shape index (κ3) is 4.49. The molecule has 7 nitrogen and oxygen atoms in total. The van der Waals surface area contributed by atoms with E-state index >= 15 is 0 Å². The molecule has 1 aromatic rings. The van der Waals surface area contributed by atoms with Crippen molar-refractivity contribution in [2.75, 3.05) is 32.9 Å². The van der Waals surface area contributed by atoms with Crippen LogP contribution in [0.25, 0.3) is 0 Å². The summed E-state index contributed by atoms with van der Waals surface area (Å²) in [6, 6.07) is 0.425. The molecule has 1 N–H and O–H groups in total. The zero-order valence-electron chi connectivity index (χ0n) is 13.0. The number of ether oxygens (including phenoxy) is 2. The van der Waals surface area contributed by atoms with Crippen molar-refractivity contribution in [1.29, 1.82) is 0 Å². The number of nitrogens with zero attached hydrogens (tertiary/aromatic N) is 4. The highest BCUT2D eigenvalue weighted by Gasteiger charge is 2.27. The van der Waals surface area contributed by atoms with E-state index in [1.807, 2.05) is 4.68 Å². The normalized spacial score (nSPS) is 27.5. The van der Waals surface area contributed by atoms with Crippen molar-refractivity contribution >= 4 is 0 Å². The molecule has 0 radical (unpaired) electrons. The summed E-state index contributed by atoms with van der Waals surface area (Å²) in [6.45, 7) is 4.34. The van der Waals surface area contributed by atoms with Gasteiger partial charge in [-0.05, 0) is 32.2 Å². The summed E-state index contributed by atoms with van der Waals surface area (Å²) in [4.78, 5) is 6.32. The fraction of sp³-hybridized carbons (Fsp3) is 0.867. The second-order valence-corrected chi connectivity index (χ2v) is 6.23. The summed E-state index contributed by atoms with van der Waals surface area (Å²) in [5.74, 6) is 0. The second-order valence-electron chi connectivity index (χ2n) is 6.23. The highest BCUT2D eigenvalue weighted by atomic mass is 16.5. The zero-order valence-corrected chi connectivity index (χ0v) is 13.0. The average molecular weight is 310 g/mol. The molecule has 3 rings (SSSR count). The minimum absolute atomic E-state index is 0.221. The van der Waals surface area contributed by atoms with Crippen LogP contribution >= 0.6 is 0 Å². The van der Waals surface area contributed by atoms with E-state index in [0.717, 1.165) is 39.0 Å². The number of likely N-dealkylation sites (tertiary alicyclic amines) is 1.